The Balaban J connectivity index is 2.40. The summed E-state index contributed by atoms with van der Waals surface area (Å²) in [6.07, 6.45) is 1.43. The molecule has 0 aliphatic rings. The van der Waals surface area contributed by atoms with E-state index in [0.717, 1.165) is 0 Å². The second kappa shape index (κ2) is 7.82. The number of halogens is 3. The number of rotatable bonds is 5. The molecule has 0 saturated heterocycles. The first kappa shape index (κ1) is 17.8. The van der Waals surface area contributed by atoms with Crippen LogP contribution in [0.1, 0.15) is 11.1 Å². The number of nitriles is 1. The number of ether oxygens (including phenoxy) is 1. The second-order valence-corrected chi connectivity index (χ2v) is 5.46. The lowest BCUT2D eigenvalue weighted by Crippen LogP contribution is -2.10. The molecular weight excluding hydrogens is 356 g/mol. The Hall–Kier alpha value is -2.55. The minimum Gasteiger partial charge on any atom is -0.479 e. The molecule has 0 aromatic heterocycles. The fraction of sp³-hybridized carbons (Fsp3) is 0.0588. The zero-order valence-electron chi connectivity index (χ0n) is 12.1. The molecule has 2 aromatic rings. The number of carbonyl (C=O) groups is 1. The van der Waals surface area contributed by atoms with Crippen molar-refractivity contribution < 1.29 is 19.0 Å². The van der Waals surface area contributed by atoms with E-state index >= 15 is 0 Å². The van der Waals surface area contributed by atoms with Crippen LogP contribution in [0.25, 0.3) is 11.6 Å². The van der Waals surface area contributed by atoms with Gasteiger partial charge < -0.3 is 9.84 Å². The molecule has 4 nitrogen and oxygen atoms in total. The third kappa shape index (κ3) is 4.25. The molecule has 1 N–H and O–H groups in total. The van der Waals surface area contributed by atoms with Crippen molar-refractivity contribution in [3.05, 3.63) is 63.4 Å². The van der Waals surface area contributed by atoms with E-state index in [1.807, 2.05) is 6.07 Å². The summed E-state index contributed by atoms with van der Waals surface area (Å²) < 4.78 is 18.8. The molecule has 0 aliphatic heterocycles. The molecule has 0 bridgehead atoms. The summed E-state index contributed by atoms with van der Waals surface area (Å²) in [4.78, 5) is 10.5. The van der Waals surface area contributed by atoms with Crippen LogP contribution in [0.5, 0.6) is 5.75 Å². The predicted molar refractivity (Wildman–Crippen MR) is 89.5 cm³/mol. The maximum atomic E-state index is 13.8. The van der Waals surface area contributed by atoms with Crippen LogP contribution in [-0.4, -0.2) is 17.7 Å². The second-order valence-electron chi connectivity index (χ2n) is 4.65. The lowest BCUT2D eigenvalue weighted by Gasteiger charge is -2.09. The first-order chi connectivity index (χ1) is 11.4. The van der Waals surface area contributed by atoms with Crippen molar-refractivity contribution in [2.24, 2.45) is 0 Å². The number of carboxylic acid groups (broad SMARTS) is 1. The van der Waals surface area contributed by atoms with Gasteiger partial charge in [-0.25, -0.2) is 9.18 Å². The first-order valence-corrected chi connectivity index (χ1v) is 7.38. The van der Waals surface area contributed by atoms with E-state index in [9.17, 15) is 14.4 Å². The van der Waals surface area contributed by atoms with Gasteiger partial charge >= 0.3 is 5.97 Å². The summed E-state index contributed by atoms with van der Waals surface area (Å²) in [6.45, 7) is -0.590. The topological polar surface area (TPSA) is 70.3 Å². The average molecular weight is 366 g/mol. The van der Waals surface area contributed by atoms with Gasteiger partial charge in [0, 0.05) is 5.56 Å². The normalized spacial score (nSPS) is 11.0. The van der Waals surface area contributed by atoms with Gasteiger partial charge in [-0.15, -0.1) is 0 Å². The van der Waals surface area contributed by atoms with Crippen LogP contribution in [0.3, 0.4) is 0 Å². The Morgan fingerprint density at radius 1 is 1.29 bits per heavy atom. The average Bonchev–Trinajstić information content (AvgIpc) is 2.52. The Morgan fingerprint density at radius 2 is 1.92 bits per heavy atom. The van der Waals surface area contributed by atoms with Gasteiger partial charge in [0.25, 0.3) is 0 Å². The van der Waals surface area contributed by atoms with Crippen molar-refractivity contribution in [1.29, 1.82) is 5.26 Å². The van der Waals surface area contributed by atoms with Crippen LogP contribution >= 0.6 is 23.2 Å². The Labute approximate surface area is 147 Å². The number of hydrogen-bond acceptors (Lipinski definition) is 3. The van der Waals surface area contributed by atoms with E-state index < -0.39 is 18.4 Å². The van der Waals surface area contributed by atoms with Crippen molar-refractivity contribution in [3.63, 3.8) is 0 Å². The highest BCUT2D eigenvalue weighted by Gasteiger charge is 2.12. The van der Waals surface area contributed by atoms with E-state index in [-0.39, 0.29) is 26.9 Å². The Morgan fingerprint density at radius 3 is 2.46 bits per heavy atom. The first-order valence-electron chi connectivity index (χ1n) is 6.62. The van der Waals surface area contributed by atoms with Crippen molar-refractivity contribution >= 4 is 40.8 Å². The van der Waals surface area contributed by atoms with Crippen molar-refractivity contribution in [2.45, 2.75) is 0 Å². The molecule has 0 spiro atoms. The fourth-order valence-electron chi connectivity index (χ4n) is 1.95. The number of nitrogens with zero attached hydrogens (tertiary/aromatic N) is 1. The van der Waals surface area contributed by atoms with Gasteiger partial charge in [0.05, 0.1) is 21.7 Å². The van der Waals surface area contributed by atoms with E-state index in [0.29, 0.717) is 5.56 Å². The molecule has 24 heavy (non-hydrogen) atoms. The highest BCUT2D eigenvalue weighted by Crippen LogP contribution is 2.35. The van der Waals surface area contributed by atoms with Gasteiger partial charge in [0.1, 0.15) is 5.82 Å². The number of allylic oxidation sites excluding steroid dienone is 1. The van der Waals surface area contributed by atoms with Crippen LogP contribution in [0.2, 0.25) is 10.0 Å². The molecule has 0 heterocycles. The summed E-state index contributed by atoms with van der Waals surface area (Å²) in [5, 5.41) is 18.1. The summed E-state index contributed by atoms with van der Waals surface area (Å²) in [7, 11) is 0. The minimum atomic E-state index is -1.17. The zero-order valence-corrected chi connectivity index (χ0v) is 13.6. The van der Waals surface area contributed by atoms with E-state index in [1.165, 1.54) is 36.4 Å². The highest BCUT2D eigenvalue weighted by atomic mass is 35.5. The highest BCUT2D eigenvalue weighted by molar-refractivity contribution is 6.37. The van der Waals surface area contributed by atoms with Crippen molar-refractivity contribution in [3.8, 4) is 11.8 Å². The van der Waals surface area contributed by atoms with Gasteiger partial charge in [-0.2, -0.15) is 5.26 Å². The SMILES string of the molecule is N#CC(=Cc1cc(Cl)c(OCC(=O)O)c(Cl)c1)c1ccccc1F. The van der Waals surface area contributed by atoms with Gasteiger partial charge in [-0.1, -0.05) is 41.4 Å². The van der Waals surface area contributed by atoms with Gasteiger partial charge in [-0.3, -0.25) is 0 Å². The largest absolute Gasteiger partial charge is 0.479 e. The molecule has 2 aromatic carbocycles. The maximum absolute atomic E-state index is 13.8. The van der Waals surface area contributed by atoms with Gasteiger partial charge in [0.15, 0.2) is 12.4 Å². The van der Waals surface area contributed by atoms with E-state index in [4.69, 9.17) is 33.0 Å². The monoisotopic (exact) mass is 365 g/mol. The van der Waals surface area contributed by atoms with Crippen LogP contribution in [0.4, 0.5) is 4.39 Å². The lowest BCUT2D eigenvalue weighted by atomic mass is 10.0. The van der Waals surface area contributed by atoms with Crippen molar-refractivity contribution in [1.82, 2.24) is 0 Å². The zero-order chi connectivity index (χ0) is 17.7. The quantitative estimate of drug-likeness (QED) is 0.617. The Bertz CT molecular complexity index is 836. The standard InChI is InChI=1S/C17H10Cl2FNO3/c18-13-6-10(7-14(19)17(13)24-9-16(22)23)5-11(8-21)12-3-1-2-4-15(12)20/h1-7H,9H2,(H,22,23). The number of benzene rings is 2. The lowest BCUT2D eigenvalue weighted by molar-refractivity contribution is -0.139. The third-order valence-electron chi connectivity index (χ3n) is 2.96. The molecule has 0 unspecified atom stereocenters. The summed E-state index contributed by atoms with van der Waals surface area (Å²) in [5.74, 6) is -1.66. The maximum Gasteiger partial charge on any atom is 0.341 e. The molecule has 122 valence electrons. The van der Waals surface area contributed by atoms with Crippen molar-refractivity contribution in [2.75, 3.05) is 6.61 Å². The minimum absolute atomic E-state index is 0.0299. The van der Waals surface area contributed by atoms with Crippen LogP contribution in [0.15, 0.2) is 36.4 Å². The van der Waals surface area contributed by atoms with E-state index in [1.54, 1.807) is 6.07 Å². The molecule has 7 heteroatoms. The molecule has 0 radical (unpaired) electrons. The predicted octanol–water partition coefficient (Wildman–Crippen LogP) is 4.66. The van der Waals surface area contributed by atoms with Gasteiger partial charge in [0.2, 0.25) is 0 Å². The summed E-state index contributed by atoms with van der Waals surface area (Å²) in [6, 6.07) is 10.7. The summed E-state index contributed by atoms with van der Waals surface area (Å²) in [5.41, 5.74) is 0.699. The summed E-state index contributed by atoms with van der Waals surface area (Å²) >= 11 is 12.1. The van der Waals surface area contributed by atoms with E-state index in [2.05, 4.69) is 0 Å². The van der Waals surface area contributed by atoms with Crippen LogP contribution in [0, 0.1) is 17.1 Å². The van der Waals surface area contributed by atoms with Crippen LogP contribution in [-0.2, 0) is 4.79 Å². The molecule has 0 fully saturated rings. The smallest absolute Gasteiger partial charge is 0.341 e. The molecular formula is C17H10Cl2FNO3. The van der Waals surface area contributed by atoms with Crippen LogP contribution < -0.4 is 4.74 Å². The number of carboxylic acids is 1. The number of aliphatic carboxylic acids is 1. The Kier molecular flexibility index (Phi) is 5.80. The fourth-order valence-corrected chi connectivity index (χ4v) is 2.56. The molecule has 0 amide bonds. The third-order valence-corrected chi connectivity index (χ3v) is 3.52. The number of hydrogen-bond donors (Lipinski definition) is 1. The van der Waals surface area contributed by atoms with Gasteiger partial charge in [-0.05, 0) is 29.8 Å². The molecule has 2 rings (SSSR count). The molecule has 0 saturated carbocycles. The molecule has 0 atom stereocenters. The molecule has 0 aliphatic carbocycles.